The zero-order valence-corrected chi connectivity index (χ0v) is 16.5. The molecule has 0 radical (unpaired) electrons. The minimum Gasteiger partial charge on any atom is -0.497 e. The number of aryl methyl sites for hydroxylation is 1. The molecule has 0 atom stereocenters. The van der Waals surface area contributed by atoms with Gasteiger partial charge in [0.05, 0.1) is 12.0 Å². The molecule has 0 unspecified atom stereocenters. The van der Waals surface area contributed by atoms with Gasteiger partial charge in [-0.25, -0.2) is 13.1 Å². The van der Waals surface area contributed by atoms with Crippen molar-refractivity contribution in [1.82, 2.24) is 4.72 Å². The van der Waals surface area contributed by atoms with Gasteiger partial charge in [0, 0.05) is 29.8 Å². The highest BCUT2D eigenvalue weighted by Gasteiger charge is 2.25. The van der Waals surface area contributed by atoms with Crippen LogP contribution in [-0.2, 0) is 10.0 Å². The summed E-state index contributed by atoms with van der Waals surface area (Å²) in [6.07, 6.45) is 1.51. The number of sulfonamides is 1. The number of hydrogen-bond acceptors (Lipinski definition) is 4. The van der Waals surface area contributed by atoms with Crippen LogP contribution >= 0.6 is 11.6 Å². The monoisotopic (exact) mass is 394 g/mol. The maximum atomic E-state index is 12.6. The van der Waals surface area contributed by atoms with Gasteiger partial charge in [-0.3, -0.25) is 0 Å². The summed E-state index contributed by atoms with van der Waals surface area (Å²) in [4.78, 5) is 2.47. The van der Waals surface area contributed by atoms with E-state index in [1.807, 2.05) is 31.2 Å². The smallest absolute Gasteiger partial charge is 0.240 e. The van der Waals surface area contributed by atoms with Crippen LogP contribution in [0.15, 0.2) is 47.4 Å². The quantitative estimate of drug-likeness (QED) is 0.841. The summed E-state index contributed by atoms with van der Waals surface area (Å²) in [5.41, 5.74) is 1.98. The first-order chi connectivity index (χ1) is 12.4. The van der Waals surface area contributed by atoms with Crippen molar-refractivity contribution in [2.45, 2.75) is 30.7 Å². The lowest BCUT2D eigenvalue weighted by atomic mass is 10.1. The number of halogens is 1. The Morgan fingerprint density at radius 3 is 2.35 bits per heavy atom. The minimum atomic E-state index is -3.56. The van der Waals surface area contributed by atoms with Crippen molar-refractivity contribution in [2.24, 2.45) is 0 Å². The van der Waals surface area contributed by atoms with E-state index in [2.05, 4.69) is 9.62 Å². The lowest BCUT2D eigenvalue weighted by molar-refractivity contribution is 0.414. The molecular weight excluding hydrogens is 372 g/mol. The molecule has 2 aromatic rings. The van der Waals surface area contributed by atoms with Crippen LogP contribution in [0.4, 0.5) is 5.69 Å². The summed E-state index contributed by atoms with van der Waals surface area (Å²) in [5, 5.41) is 0.460. The third kappa shape index (κ3) is 4.31. The summed E-state index contributed by atoms with van der Waals surface area (Å²) in [6, 6.07) is 12.7. The molecular formula is C19H23ClN2O3S. The van der Waals surface area contributed by atoms with Crippen LogP contribution in [0.5, 0.6) is 5.75 Å². The number of anilines is 1. The van der Waals surface area contributed by atoms with Crippen LogP contribution in [0.2, 0.25) is 5.02 Å². The van der Waals surface area contributed by atoms with E-state index in [-0.39, 0.29) is 10.9 Å². The van der Waals surface area contributed by atoms with E-state index in [4.69, 9.17) is 16.3 Å². The maximum Gasteiger partial charge on any atom is 0.240 e. The predicted molar refractivity (Wildman–Crippen MR) is 105 cm³/mol. The lowest BCUT2D eigenvalue weighted by Crippen LogP contribution is -2.44. The van der Waals surface area contributed by atoms with E-state index < -0.39 is 10.0 Å². The minimum absolute atomic E-state index is 0.0745. The van der Waals surface area contributed by atoms with E-state index in [0.717, 1.165) is 42.9 Å². The van der Waals surface area contributed by atoms with Crippen LogP contribution in [0.1, 0.15) is 18.4 Å². The van der Waals surface area contributed by atoms with Crippen molar-refractivity contribution in [2.75, 3.05) is 25.1 Å². The average Bonchev–Trinajstić information content (AvgIpc) is 2.64. The van der Waals surface area contributed by atoms with E-state index in [0.29, 0.717) is 5.02 Å². The Balaban J connectivity index is 1.61. The first kappa shape index (κ1) is 19.0. The Kier molecular flexibility index (Phi) is 5.75. The molecule has 140 valence electrons. The SMILES string of the molecule is COc1ccc(N2CCC(NS(=O)(=O)c3ccc(C)c(Cl)c3)CC2)cc1. The molecule has 7 heteroatoms. The standard InChI is InChI=1S/C19H23ClN2O3S/c1-14-3-8-18(13-19(14)20)26(23,24)21-15-9-11-22(12-10-15)16-4-6-17(25-2)7-5-16/h3-8,13,15,21H,9-12H2,1-2H3. The van der Waals surface area contributed by atoms with Crippen molar-refractivity contribution in [1.29, 1.82) is 0 Å². The van der Waals surface area contributed by atoms with Crippen LogP contribution in [0.25, 0.3) is 0 Å². The fraction of sp³-hybridized carbons (Fsp3) is 0.368. The Labute approximate surface area is 160 Å². The van der Waals surface area contributed by atoms with E-state index >= 15 is 0 Å². The fourth-order valence-corrected chi connectivity index (χ4v) is 4.65. The molecule has 3 rings (SSSR count). The van der Waals surface area contributed by atoms with Gasteiger partial charge in [0.1, 0.15) is 5.75 Å². The second-order valence-electron chi connectivity index (χ2n) is 6.49. The number of hydrogen-bond donors (Lipinski definition) is 1. The maximum absolute atomic E-state index is 12.6. The first-order valence-corrected chi connectivity index (χ1v) is 10.4. The van der Waals surface area contributed by atoms with Crippen molar-refractivity contribution >= 4 is 27.3 Å². The van der Waals surface area contributed by atoms with Gasteiger partial charge in [-0.1, -0.05) is 17.7 Å². The molecule has 1 heterocycles. The van der Waals surface area contributed by atoms with Crippen molar-refractivity contribution in [3.8, 4) is 5.75 Å². The van der Waals surface area contributed by atoms with Gasteiger partial charge < -0.3 is 9.64 Å². The Morgan fingerprint density at radius 2 is 1.77 bits per heavy atom. The topological polar surface area (TPSA) is 58.6 Å². The molecule has 1 N–H and O–H groups in total. The summed E-state index contributed by atoms with van der Waals surface area (Å²) in [6.45, 7) is 3.45. The van der Waals surface area contributed by atoms with Crippen molar-refractivity contribution < 1.29 is 13.2 Å². The van der Waals surface area contributed by atoms with Crippen LogP contribution in [0.3, 0.4) is 0 Å². The van der Waals surface area contributed by atoms with Gasteiger partial charge >= 0.3 is 0 Å². The van der Waals surface area contributed by atoms with Crippen LogP contribution < -0.4 is 14.4 Å². The molecule has 2 aromatic carbocycles. The van der Waals surface area contributed by atoms with Gasteiger partial charge in [-0.05, 0) is 61.7 Å². The summed E-state index contributed by atoms with van der Waals surface area (Å²) >= 11 is 6.06. The first-order valence-electron chi connectivity index (χ1n) is 8.56. The predicted octanol–water partition coefficient (Wildman–Crippen LogP) is 3.60. The Morgan fingerprint density at radius 1 is 1.12 bits per heavy atom. The molecule has 0 amide bonds. The third-order valence-corrected chi connectivity index (χ3v) is 6.63. The number of rotatable bonds is 5. The second-order valence-corrected chi connectivity index (χ2v) is 8.61. The zero-order chi connectivity index (χ0) is 18.7. The van der Waals surface area contributed by atoms with Gasteiger partial charge in [0.15, 0.2) is 0 Å². The summed E-state index contributed by atoms with van der Waals surface area (Å²) in [7, 11) is -1.91. The normalized spacial score (nSPS) is 15.9. The van der Waals surface area contributed by atoms with E-state index in [1.54, 1.807) is 19.2 Å². The average molecular weight is 395 g/mol. The van der Waals surface area contributed by atoms with E-state index in [9.17, 15) is 8.42 Å². The molecule has 0 bridgehead atoms. The molecule has 1 saturated heterocycles. The van der Waals surface area contributed by atoms with Gasteiger partial charge in [-0.15, -0.1) is 0 Å². The number of benzene rings is 2. The summed E-state index contributed by atoms with van der Waals surface area (Å²) in [5.74, 6) is 0.827. The number of nitrogens with one attached hydrogen (secondary N) is 1. The second kappa shape index (κ2) is 7.86. The Hall–Kier alpha value is -1.76. The zero-order valence-electron chi connectivity index (χ0n) is 14.9. The lowest BCUT2D eigenvalue weighted by Gasteiger charge is -2.33. The highest BCUT2D eigenvalue weighted by Crippen LogP contribution is 2.24. The van der Waals surface area contributed by atoms with Crippen LogP contribution in [-0.4, -0.2) is 34.7 Å². The van der Waals surface area contributed by atoms with Gasteiger partial charge in [0.2, 0.25) is 10.0 Å². The molecule has 0 spiro atoms. The van der Waals surface area contributed by atoms with Gasteiger partial charge in [-0.2, -0.15) is 0 Å². The molecule has 1 aliphatic heterocycles. The highest BCUT2D eigenvalue weighted by atomic mass is 35.5. The number of piperidine rings is 1. The molecule has 0 saturated carbocycles. The van der Waals surface area contributed by atoms with Crippen molar-refractivity contribution in [3.05, 3.63) is 53.1 Å². The molecule has 1 fully saturated rings. The number of methoxy groups -OCH3 is 1. The summed E-state index contributed by atoms with van der Waals surface area (Å²) < 4.78 is 33.2. The molecule has 0 aliphatic carbocycles. The number of nitrogens with zero attached hydrogens (tertiary/aromatic N) is 1. The van der Waals surface area contributed by atoms with E-state index in [1.165, 1.54) is 6.07 Å². The fourth-order valence-electron chi connectivity index (χ4n) is 3.08. The largest absolute Gasteiger partial charge is 0.497 e. The molecule has 0 aromatic heterocycles. The van der Waals surface area contributed by atoms with Gasteiger partial charge in [0.25, 0.3) is 0 Å². The molecule has 26 heavy (non-hydrogen) atoms. The highest BCUT2D eigenvalue weighted by molar-refractivity contribution is 7.89. The molecule has 1 aliphatic rings. The van der Waals surface area contributed by atoms with Crippen LogP contribution in [0, 0.1) is 6.92 Å². The molecule has 5 nitrogen and oxygen atoms in total. The Bertz CT molecular complexity index is 861. The third-order valence-electron chi connectivity index (χ3n) is 4.71. The number of ether oxygens (including phenoxy) is 1. The van der Waals surface area contributed by atoms with Crippen molar-refractivity contribution in [3.63, 3.8) is 0 Å².